The second kappa shape index (κ2) is 7.27. The third kappa shape index (κ3) is 3.64. The van der Waals surface area contributed by atoms with Crippen molar-refractivity contribution in [3.8, 4) is 16.2 Å². The van der Waals surface area contributed by atoms with Crippen LogP contribution in [0.4, 0.5) is 0 Å². The van der Waals surface area contributed by atoms with Crippen LogP contribution in [0.2, 0.25) is 0 Å². The summed E-state index contributed by atoms with van der Waals surface area (Å²) in [6.45, 7) is 4.35. The molecule has 3 nitrogen and oxygen atoms in total. The van der Waals surface area contributed by atoms with Crippen LogP contribution in [0.1, 0.15) is 36.5 Å². The van der Waals surface area contributed by atoms with E-state index in [0.29, 0.717) is 5.75 Å². The fourth-order valence-electron chi connectivity index (χ4n) is 2.24. The topological polar surface area (TPSA) is 44.6 Å². The SMILES string of the molecule is CCCCc1cc(-c2scc(/C=N/NC)c2O)ccc1C. The van der Waals surface area contributed by atoms with Crippen molar-refractivity contribution in [2.75, 3.05) is 7.05 Å². The number of rotatable bonds is 6. The molecule has 0 aliphatic heterocycles. The Morgan fingerprint density at radius 3 is 2.90 bits per heavy atom. The molecule has 1 aromatic heterocycles. The molecule has 0 fully saturated rings. The van der Waals surface area contributed by atoms with Crippen LogP contribution < -0.4 is 5.43 Å². The fraction of sp³-hybridized carbons (Fsp3) is 0.353. The van der Waals surface area contributed by atoms with Crippen molar-refractivity contribution >= 4 is 17.6 Å². The molecule has 0 aliphatic rings. The second-order valence-electron chi connectivity index (χ2n) is 5.10. The molecule has 2 N–H and O–H groups in total. The van der Waals surface area contributed by atoms with E-state index in [2.05, 4.69) is 42.6 Å². The number of nitrogens with one attached hydrogen (secondary N) is 1. The number of unbranched alkanes of at least 4 members (excludes halogenated alkanes) is 1. The minimum absolute atomic E-state index is 0.310. The standard InChI is InChI=1S/C17H22N2OS/c1-4-5-6-13-9-14(8-7-12(13)2)17-16(20)15(11-21-17)10-19-18-3/h7-11,18,20H,4-6H2,1-3H3/b19-10+. The lowest BCUT2D eigenvalue weighted by Gasteiger charge is -2.08. The van der Waals surface area contributed by atoms with Crippen molar-refractivity contribution in [3.05, 3.63) is 40.3 Å². The Balaban J connectivity index is 2.34. The van der Waals surface area contributed by atoms with E-state index in [1.165, 1.54) is 24.0 Å². The average Bonchev–Trinajstić information content (AvgIpc) is 2.85. The minimum atomic E-state index is 0.310. The van der Waals surface area contributed by atoms with E-state index in [4.69, 9.17) is 0 Å². The van der Waals surface area contributed by atoms with Gasteiger partial charge in [0.25, 0.3) is 0 Å². The summed E-state index contributed by atoms with van der Waals surface area (Å²) in [5.74, 6) is 0.310. The molecular weight excluding hydrogens is 280 g/mol. The molecule has 0 radical (unpaired) electrons. The third-order valence-electron chi connectivity index (χ3n) is 3.54. The van der Waals surface area contributed by atoms with Gasteiger partial charge in [-0.15, -0.1) is 11.3 Å². The predicted octanol–water partition coefficient (Wildman–Crippen LogP) is 4.33. The highest BCUT2D eigenvalue weighted by Gasteiger charge is 2.12. The lowest BCUT2D eigenvalue weighted by molar-refractivity contribution is 0.479. The fourth-order valence-corrected chi connectivity index (χ4v) is 3.15. The Labute approximate surface area is 130 Å². The smallest absolute Gasteiger partial charge is 0.143 e. The summed E-state index contributed by atoms with van der Waals surface area (Å²) in [6.07, 6.45) is 5.12. The van der Waals surface area contributed by atoms with Gasteiger partial charge >= 0.3 is 0 Å². The van der Waals surface area contributed by atoms with Crippen LogP contribution in [0.25, 0.3) is 10.4 Å². The summed E-state index contributed by atoms with van der Waals surface area (Å²) in [7, 11) is 1.74. The quantitative estimate of drug-likeness (QED) is 0.616. The van der Waals surface area contributed by atoms with Crippen LogP contribution in [-0.4, -0.2) is 18.4 Å². The zero-order chi connectivity index (χ0) is 15.2. The lowest BCUT2D eigenvalue weighted by atomic mass is 9.99. The molecule has 0 saturated heterocycles. The van der Waals surface area contributed by atoms with Crippen LogP contribution in [0.3, 0.4) is 0 Å². The zero-order valence-electron chi connectivity index (χ0n) is 12.8. The van der Waals surface area contributed by atoms with Crippen molar-refractivity contribution in [1.29, 1.82) is 0 Å². The Kier molecular flexibility index (Phi) is 5.39. The summed E-state index contributed by atoms with van der Waals surface area (Å²) in [5, 5.41) is 16.2. The van der Waals surface area contributed by atoms with Gasteiger partial charge in [0.1, 0.15) is 5.75 Å². The maximum absolute atomic E-state index is 10.3. The number of thiophene rings is 1. The van der Waals surface area contributed by atoms with Crippen LogP contribution in [0, 0.1) is 6.92 Å². The summed E-state index contributed by atoms with van der Waals surface area (Å²) in [4.78, 5) is 0.908. The molecule has 112 valence electrons. The number of hydrogen-bond donors (Lipinski definition) is 2. The van der Waals surface area contributed by atoms with Gasteiger partial charge in [-0.25, -0.2) is 0 Å². The van der Waals surface area contributed by atoms with Gasteiger partial charge in [-0.05, 0) is 42.5 Å². The normalized spacial score (nSPS) is 11.2. The summed E-state index contributed by atoms with van der Waals surface area (Å²) in [6, 6.07) is 6.42. The molecule has 0 atom stereocenters. The predicted molar refractivity (Wildman–Crippen MR) is 91.4 cm³/mol. The highest BCUT2D eigenvalue weighted by molar-refractivity contribution is 7.14. The number of hydrogen-bond acceptors (Lipinski definition) is 4. The molecule has 0 saturated carbocycles. The van der Waals surface area contributed by atoms with E-state index in [0.717, 1.165) is 22.4 Å². The van der Waals surface area contributed by atoms with Gasteiger partial charge in [0, 0.05) is 18.0 Å². The molecule has 0 amide bonds. The van der Waals surface area contributed by atoms with Gasteiger partial charge in [0.15, 0.2) is 0 Å². The van der Waals surface area contributed by atoms with Gasteiger partial charge in [-0.2, -0.15) is 5.10 Å². The number of benzene rings is 1. The molecule has 0 unspecified atom stereocenters. The van der Waals surface area contributed by atoms with Gasteiger partial charge in [-0.1, -0.05) is 25.5 Å². The lowest BCUT2D eigenvalue weighted by Crippen LogP contribution is -1.94. The first-order valence-corrected chi connectivity index (χ1v) is 8.15. The molecule has 4 heteroatoms. The van der Waals surface area contributed by atoms with Gasteiger partial charge in [-0.3, -0.25) is 0 Å². The molecule has 2 aromatic rings. The van der Waals surface area contributed by atoms with E-state index in [1.807, 2.05) is 5.38 Å². The average molecular weight is 302 g/mol. The molecule has 21 heavy (non-hydrogen) atoms. The molecular formula is C17H22N2OS. The molecule has 1 heterocycles. The highest BCUT2D eigenvalue weighted by Crippen LogP contribution is 2.38. The number of nitrogens with zero attached hydrogens (tertiary/aromatic N) is 1. The van der Waals surface area contributed by atoms with Crippen molar-refractivity contribution in [2.45, 2.75) is 33.1 Å². The van der Waals surface area contributed by atoms with Gasteiger partial charge < -0.3 is 10.5 Å². The van der Waals surface area contributed by atoms with Crippen LogP contribution in [-0.2, 0) is 6.42 Å². The maximum atomic E-state index is 10.3. The molecule has 0 spiro atoms. The van der Waals surface area contributed by atoms with Gasteiger partial charge in [0.2, 0.25) is 0 Å². The number of aromatic hydroxyl groups is 1. The Morgan fingerprint density at radius 1 is 1.38 bits per heavy atom. The van der Waals surface area contributed by atoms with Crippen molar-refractivity contribution in [2.24, 2.45) is 5.10 Å². The van der Waals surface area contributed by atoms with Crippen LogP contribution in [0.5, 0.6) is 5.75 Å². The summed E-state index contributed by atoms with van der Waals surface area (Å²) in [5.41, 5.74) is 7.21. The van der Waals surface area contributed by atoms with Gasteiger partial charge in [0.05, 0.1) is 11.1 Å². The molecule has 2 rings (SSSR count). The third-order valence-corrected chi connectivity index (χ3v) is 4.57. The first-order chi connectivity index (χ1) is 10.2. The Hall–Kier alpha value is -1.81. The molecule has 1 aromatic carbocycles. The highest BCUT2D eigenvalue weighted by atomic mass is 32.1. The minimum Gasteiger partial charge on any atom is -0.506 e. The number of hydrazone groups is 1. The summed E-state index contributed by atoms with van der Waals surface area (Å²) >= 11 is 1.55. The van der Waals surface area contributed by atoms with E-state index in [9.17, 15) is 5.11 Å². The maximum Gasteiger partial charge on any atom is 0.143 e. The van der Waals surface area contributed by atoms with E-state index in [-0.39, 0.29) is 0 Å². The first kappa shape index (κ1) is 15.6. The van der Waals surface area contributed by atoms with Crippen molar-refractivity contribution < 1.29 is 5.11 Å². The Morgan fingerprint density at radius 2 is 2.19 bits per heavy atom. The zero-order valence-corrected chi connectivity index (χ0v) is 13.6. The van der Waals surface area contributed by atoms with Crippen LogP contribution in [0.15, 0.2) is 28.7 Å². The Bertz CT molecular complexity index is 632. The molecule has 0 bridgehead atoms. The monoisotopic (exact) mass is 302 g/mol. The number of aryl methyl sites for hydroxylation is 2. The molecule has 0 aliphatic carbocycles. The first-order valence-electron chi connectivity index (χ1n) is 7.27. The second-order valence-corrected chi connectivity index (χ2v) is 5.98. The van der Waals surface area contributed by atoms with Crippen molar-refractivity contribution in [1.82, 2.24) is 5.43 Å². The summed E-state index contributed by atoms with van der Waals surface area (Å²) < 4.78 is 0. The van der Waals surface area contributed by atoms with E-state index < -0.39 is 0 Å². The largest absolute Gasteiger partial charge is 0.506 e. The van der Waals surface area contributed by atoms with E-state index in [1.54, 1.807) is 24.6 Å². The van der Waals surface area contributed by atoms with Crippen LogP contribution >= 0.6 is 11.3 Å². The van der Waals surface area contributed by atoms with Crippen molar-refractivity contribution in [3.63, 3.8) is 0 Å². The van der Waals surface area contributed by atoms with E-state index >= 15 is 0 Å².